The third kappa shape index (κ3) is 4.89. The minimum absolute atomic E-state index is 0.0403. The van der Waals surface area contributed by atoms with E-state index < -0.39 is 0 Å². The van der Waals surface area contributed by atoms with Gasteiger partial charge in [0.1, 0.15) is 5.78 Å². The van der Waals surface area contributed by atoms with E-state index in [-0.39, 0.29) is 16.6 Å². The number of hydrogen-bond acceptors (Lipinski definition) is 5. The highest BCUT2D eigenvalue weighted by Gasteiger charge is 2.26. The Bertz CT molecular complexity index is 869. The molecule has 2 aliphatic rings. The number of Topliss-reactive ketones (excluding diaryl/α,β-unsaturated/α-hetero) is 1. The van der Waals surface area contributed by atoms with E-state index in [0.29, 0.717) is 50.8 Å². The van der Waals surface area contributed by atoms with Crippen LogP contribution in [-0.2, 0) is 17.6 Å². The first kappa shape index (κ1) is 20.6. The van der Waals surface area contributed by atoms with Crippen LogP contribution in [0.4, 0.5) is 0 Å². The first-order chi connectivity index (χ1) is 14.2. The molecule has 0 saturated heterocycles. The van der Waals surface area contributed by atoms with Gasteiger partial charge in [-0.25, -0.2) is 0 Å². The van der Waals surface area contributed by atoms with Gasteiger partial charge in [-0.15, -0.1) is 0 Å². The summed E-state index contributed by atoms with van der Waals surface area (Å²) in [5, 5.41) is 0. The average Bonchev–Trinajstić information content (AvgIpc) is 2.93. The molecule has 0 bridgehead atoms. The predicted molar refractivity (Wildman–Crippen MR) is 115 cm³/mol. The lowest BCUT2D eigenvalue weighted by Gasteiger charge is -2.19. The maximum absolute atomic E-state index is 12.7. The number of rotatable bonds is 4. The average molecular weight is 411 g/mol. The smallest absolute Gasteiger partial charge is 0.161 e. The zero-order valence-electron chi connectivity index (χ0n) is 18.2. The van der Waals surface area contributed by atoms with Crippen molar-refractivity contribution < 1.29 is 23.7 Å². The first-order valence-corrected chi connectivity index (χ1v) is 10.5. The van der Waals surface area contributed by atoms with Gasteiger partial charge in [0.05, 0.1) is 26.4 Å². The van der Waals surface area contributed by atoms with Crippen LogP contribution in [0.1, 0.15) is 38.8 Å². The summed E-state index contributed by atoms with van der Waals surface area (Å²) in [5.41, 5.74) is 1.78. The molecule has 2 aromatic carbocycles. The molecule has 5 nitrogen and oxygen atoms in total. The van der Waals surface area contributed by atoms with Gasteiger partial charge in [0.25, 0.3) is 0 Å². The maximum Gasteiger partial charge on any atom is 0.161 e. The van der Waals surface area contributed by atoms with Crippen LogP contribution < -0.4 is 18.9 Å². The van der Waals surface area contributed by atoms with Crippen LogP contribution in [0.2, 0.25) is 0 Å². The van der Waals surface area contributed by atoms with E-state index >= 15 is 0 Å². The largest absolute Gasteiger partial charge is 0.489 e. The molecule has 0 unspecified atom stereocenters. The molecule has 0 N–H and O–H groups in total. The van der Waals surface area contributed by atoms with Crippen LogP contribution in [0, 0.1) is 10.8 Å². The van der Waals surface area contributed by atoms with Crippen molar-refractivity contribution in [2.24, 2.45) is 10.8 Å². The Morgan fingerprint density at radius 3 is 1.43 bits per heavy atom. The molecule has 5 heteroatoms. The van der Waals surface area contributed by atoms with Crippen LogP contribution in [0.25, 0.3) is 0 Å². The summed E-state index contributed by atoms with van der Waals surface area (Å²) in [7, 11) is 0. The lowest BCUT2D eigenvalue weighted by Crippen LogP contribution is -2.26. The second-order valence-electron chi connectivity index (χ2n) is 9.94. The molecule has 0 atom stereocenters. The Balaban J connectivity index is 1.41. The minimum atomic E-state index is -0.0403. The van der Waals surface area contributed by atoms with Gasteiger partial charge in [-0.05, 0) is 35.4 Å². The van der Waals surface area contributed by atoms with Gasteiger partial charge in [0, 0.05) is 23.7 Å². The molecule has 30 heavy (non-hydrogen) atoms. The minimum Gasteiger partial charge on any atom is -0.489 e. The molecule has 160 valence electrons. The summed E-state index contributed by atoms with van der Waals surface area (Å²) < 4.78 is 23.6. The van der Waals surface area contributed by atoms with Crippen molar-refractivity contribution in [1.82, 2.24) is 0 Å². The summed E-state index contributed by atoms with van der Waals surface area (Å²) in [6.07, 6.45) is 0.697. The second kappa shape index (κ2) is 7.86. The summed E-state index contributed by atoms with van der Waals surface area (Å²) in [6.45, 7) is 10.8. The Labute approximate surface area is 178 Å². The highest BCUT2D eigenvalue weighted by Crippen LogP contribution is 2.36. The van der Waals surface area contributed by atoms with Crippen molar-refractivity contribution >= 4 is 5.78 Å². The van der Waals surface area contributed by atoms with E-state index in [0.717, 1.165) is 22.6 Å². The molecular formula is C25H30O5. The van der Waals surface area contributed by atoms with Crippen LogP contribution in [0.3, 0.4) is 0 Å². The number of hydrogen-bond donors (Lipinski definition) is 0. The standard InChI is InChI=1S/C25H30O5/c1-24(2)13-27-20-7-5-17(11-22(20)29-15-24)9-19(26)10-18-6-8-21-23(12-18)30-16-25(3,4)14-28-21/h5-8,11-12H,9-10,13-16H2,1-4H3. The Hall–Kier alpha value is -2.69. The van der Waals surface area contributed by atoms with Crippen molar-refractivity contribution in [3.05, 3.63) is 47.5 Å². The fourth-order valence-corrected chi connectivity index (χ4v) is 3.48. The molecule has 2 aliphatic heterocycles. The molecule has 0 aromatic heterocycles. The van der Waals surface area contributed by atoms with Gasteiger partial charge in [-0.2, -0.15) is 0 Å². The number of carbonyl (C=O) groups is 1. The van der Waals surface area contributed by atoms with Crippen LogP contribution >= 0.6 is 0 Å². The van der Waals surface area contributed by atoms with E-state index in [4.69, 9.17) is 18.9 Å². The lowest BCUT2D eigenvalue weighted by atomic mass is 9.97. The number of carbonyl (C=O) groups excluding carboxylic acids is 1. The van der Waals surface area contributed by atoms with Gasteiger partial charge in [0.15, 0.2) is 23.0 Å². The summed E-state index contributed by atoms with van der Waals surface area (Å²) in [6, 6.07) is 11.5. The van der Waals surface area contributed by atoms with Gasteiger partial charge in [-0.1, -0.05) is 39.8 Å². The number of ether oxygens (including phenoxy) is 4. The lowest BCUT2D eigenvalue weighted by molar-refractivity contribution is -0.117. The normalized spacial score (nSPS) is 18.8. The molecule has 0 amide bonds. The van der Waals surface area contributed by atoms with Crippen LogP contribution in [0.15, 0.2) is 36.4 Å². The molecule has 0 fully saturated rings. The molecule has 0 radical (unpaired) electrons. The van der Waals surface area contributed by atoms with Crippen LogP contribution in [-0.4, -0.2) is 32.2 Å². The number of ketones is 1. The van der Waals surface area contributed by atoms with Crippen molar-refractivity contribution in [1.29, 1.82) is 0 Å². The Morgan fingerprint density at radius 1 is 0.667 bits per heavy atom. The number of benzene rings is 2. The third-order valence-electron chi connectivity index (χ3n) is 5.29. The molecule has 2 heterocycles. The van der Waals surface area contributed by atoms with Gasteiger partial charge in [0.2, 0.25) is 0 Å². The van der Waals surface area contributed by atoms with Gasteiger partial charge < -0.3 is 18.9 Å². The molecule has 0 aliphatic carbocycles. The fraction of sp³-hybridized carbons (Fsp3) is 0.480. The summed E-state index contributed by atoms with van der Waals surface area (Å²) >= 11 is 0. The SMILES string of the molecule is CC1(C)COc2ccc(CC(=O)Cc3ccc4c(c3)OCC(C)(C)CO4)cc2OC1. The van der Waals surface area contributed by atoms with Crippen molar-refractivity contribution in [3.8, 4) is 23.0 Å². The number of fused-ring (bicyclic) bond motifs is 2. The van der Waals surface area contributed by atoms with Crippen LogP contribution in [0.5, 0.6) is 23.0 Å². The van der Waals surface area contributed by atoms with E-state index in [1.165, 1.54) is 0 Å². The van der Waals surface area contributed by atoms with Gasteiger partial charge in [-0.3, -0.25) is 4.79 Å². The fourth-order valence-electron chi connectivity index (χ4n) is 3.48. The van der Waals surface area contributed by atoms with Crippen molar-refractivity contribution in [2.45, 2.75) is 40.5 Å². The Morgan fingerprint density at radius 2 is 1.03 bits per heavy atom. The third-order valence-corrected chi connectivity index (χ3v) is 5.29. The summed E-state index contributed by atoms with van der Waals surface area (Å²) in [4.78, 5) is 12.7. The highest BCUT2D eigenvalue weighted by atomic mass is 16.5. The van der Waals surface area contributed by atoms with Crippen molar-refractivity contribution in [2.75, 3.05) is 26.4 Å². The molecule has 2 aromatic rings. The Kier molecular flexibility index (Phi) is 5.39. The predicted octanol–water partition coefficient (Wildman–Crippen LogP) is 4.64. The molecule has 0 spiro atoms. The van der Waals surface area contributed by atoms with Crippen molar-refractivity contribution in [3.63, 3.8) is 0 Å². The quantitative estimate of drug-likeness (QED) is 0.735. The molecule has 0 saturated carbocycles. The second-order valence-corrected chi connectivity index (χ2v) is 9.94. The highest BCUT2D eigenvalue weighted by molar-refractivity contribution is 5.83. The maximum atomic E-state index is 12.7. The van der Waals surface area contributed by atoms with Gasteiger partial charge >= 0.3 is 0 Å². The zero-order chi connectivity index (χ0) is 21.4. The van der Waals surface area contributed by atoms with E-state index in [1.54, 1.807) is 0 Å². The summed E-state index contributed by atoms with van der Waals surface area (Å²) in [5.74, 6) is 3.04. The molecule has 4 rings (SSSR count). The van der Waals surface area contributed by atoms with E-state index in [1.807, 2.05) is 36.4 Å². The zero-order valence-corrected chi connectivity index (χ0v) is 18.2. The topological polar surface area (TPSA) is 54.0 Å². The first-order valence-electron chi connectivity index (χ1n) is 10.5. The monoisotopic (exact) mass is 410 g/mol. The van der Waals surface area contributed by atoms with E-state index in [9.17, 15) is 4.79 Å². The molecular weight excluding hydrogens is 380 g/mol. The van der Waals surface area contributed by atoms with E-state index in [2.05, 4.69) is 27.7 Å².